The van der Waals surface area contributed by atoms with Crippen molar-refractivity contribution in [1.29, 1.82) is 0 Å². The van der Waals surface area contributed by atoms with Gasteiger partial charge in [0.05, 0.1) is 6.04 Å². The highest BCUT2D eigenvalue weighted by atomic mass is 35.5. The fourth-order valence-electron chi connectivity index (χ4n) is 4.14. The Hall–Kier alpha value is -2.82. The lowest BCUT2D eigenvalue weighted by Gasteiger charge is -2.40. The van der Waals surface area contributed by atoms with Crippen LogP contribution in [0.4, 0.5) is 0 Å². The predicted molar refractivity (Wildman–Crippen MR) is 124 cm³/mol. The molecule has 1 aliphatic rings. The molecule has 1 saturated heterocycles. The van der Waals surface area contributed by atoms with Gasteiger partial charge in [0.15, 0.2) is 6.10 Å². The highest BCUT2D eigenvalue weighted by molar-refractivity contribution is 6.30. The van der Waals surface area contributed by atoms with Crippen LogP contribution >= 0.6 is 11.6 Å². The van der Waals surface area contributed by atoms with Crippen molar-refractivity contribution in [1.82, 2.24) is 9.80 Å². The average Bonchev–Trinajstić information content (AvgIpc) is 2.81. The number of carbonyl (C=O) groups is 1. The summed E-state index contributed by atoms with van der Waals surface area (Å²) in [7, 11) is 0. The van der Waals surface area contributed by atoms with Crippen LogP contribution in [-0.2, 0) is 4.79 Å². The van der Waals surface area contributed by atoms with Crippen LogP contribution in [0.5, 0.6) is 5.75 Å². The number of ether oxygens (including phenoxy) is 1. The number of carbonyl (C=O) groups excluding carboxylic acids is 1. The molecule has 1 fully saturated rings. The van der Waals surface area contributed by atoms with Crippen molar-refractivity contribution in [3.05, 3.63) is 101 Å². The number of nitrogens with zero attached hydrogens (tertiary/aromatic N) is 2. The largest absolute Gasteiger partial charge is 0.481 e. The monoisotopic (exact) mass is 434 g/mol. The summed E-state index contributed by atoms with van der Waals surface area (Å²) in [4.78, 5) is 17.3. The highest BCUT2D eigenvalue weighted by Crippen LogP contribution is 2.29. The molecule has 1 unspecified atom stereocenters. The zero-order valence-corrected chi connectivity index (χ0v) is 18.4. The van der Waals surface area contributed by atoms with E-state index in [9.17, 15) is 4.79 Å². The van der Waals surface area contributed by atoms with Gasteiger partial charge in [-0.2, -0.15) is 0 Å². The lowest BCUT2D eigenvalue weighted by molar-refractivity contribution is -0.140. The molecule has 160 valence electrons. The number of amides is 1. The molecular weight excluding hydrogens is 408 g/mol. The van der Waals surface area contributed by atoms with Gasteiger partial charge in [0.1, 0.15) is 5.75 Å². The van der Waals surface area contributed by atoms with E-state index in [-0.39, 0.29) is 11.9 Å². The van der Waals surface area contributed by atoms with E-state index in [0.717, 1.165) is 13.1 Å². The third-order valence-electron chi connectivity index (χ3n) is 5.68. The molecule has 1 aliphatic heterocycles. The van der Waals surface area contributed by atoms with Crippen LogP contribution in [0.15, 0.2) is 84.9 Å². The number of piperazine rings is 1. The van der Waals surface area contributed by atoms with E-state index in [1.165, 1.54) is 11.1 Å². The minimum atomic E-state index is -0.552. The molecule has 0 radical (unpaired) electrons. The number of hydrogen-bond acceptors (Lipinski definition) is 3. The number of benzene rings is 3. The standard InChI is InChI=1S/C26H27ClN2O2/c1-20(31-24-14-8-13-23(27)19-24)26(30)29-17-15-28(16-18-29)25(21-9-4-2-5-10-21)22-11-6-3-7-12-22/h2-14,19-20,25H,15-18H2,1H3. The maximum Gasteiger partial charge on any atom is 0.263 e. The van der Waals surface area contributed by atoms with Crippen molar-refractivity contribution in [2.75, 3.05) is 26.2 Å². The summed E-state index contributed by atoms with van der Waals surface area (Å²) in [6.07, 6.45) is -0.552. The first-order valence-electron chi connectivity index (χ1n) is 10.7. The summed E-state index contributed by atoms with van der Waals surface area (Å²) in [6, 6.07) is 28.5. The minimum absolute atomic E-state index is 0.00981. The van der Waals surface area contributed by atoms with Gasteiger partial charge in [-0.25, -0.2) is 0 Å². The summed E-state index contributed by atoms with van der Waals surface area (Å²) < 4.78 is 5.83. The lowest BCUT2D eigenvalue weighted by atomic mass is 9.96. The number of halogens is 1. The van der Waals surface area contributed by atoms with Gasteiger partial charge in [-0.1, -0.05) is 78.3 Å². The second-order valence-electron chi connectivity index (χ2n) is 7.80. The van der Waals surface area contributed by atoms with Crippen LogP contribution in [-0.4, -0.2) is 48.0 Å². The molecular formula is C26H27ClN2O2. The van der Waals surface area contributed by atoms with Crippen molar-refractivity contribution < 1.29 is 9.53 Å². The van der Waals surface area contributed by atoms with Crippen LogP contribution in [0.25, 0.3) is 0 Å². The predicted octanol–water partition coefficient (Wildman–Crippen LogP) is 5.04. The zero-order chi connectivity index (χ0) is 21.6. The fourth-order valence-corrected chi connectivity index (χ4v) is 4.32. The Labute approximate surface area is 189 Å². The van der Waals surface area contributed by atoms with E-state index in [2.05, 4.69) is 53.4 Å². The molecule has 31 heavy (non-hydrogen) atoms. The quantitative estimate of drug-likeness (QED) is 0.544. The summed E-state index contributed by atoms with van der Waals surface area (Å²) in [5.74, 6) is 0.621. The van der Waals surface area contributed by atoms with Gasteiger partial charge in [0.25, 0.3) is 5.91 Å². The highest BCUT2D eigenvalue weighted by Gasteiger charge is 2.30. The zero-order valence-electron chi connectivity index (χ0n) is 17.7. The lowest BCUT2D eigenvalue weighted by Crippen LogP contribution is -2.52. The maximum atomic E-state index is 13.0. The minimum Gasteiger partial charge on any atom is -0.481 e. The molecule has 1 atom stereocenters. The van der Waals surface area contributed by atoms with Crippen molar-refractivity contribution in [3.8, 4) is 5.75 Å². The van der Waals surface area contributed by atoms with Gasteiger partial charge >= 0.3 is 0 Å². The van der Waals surface area contributed by atoms with Gasteiger partial charge in [-0.15, -0.1) is 0 Å². The van der Waals surface area contributed by atoms with E-state index < -0.39 is 6.10 Å². The van der Waals surface area contributed by atoms with Crippen LogP contribution in [0, 0.1) is 0 Å². The van der Waals surface area contributed by atoms with Crippen LogP contribution < -0.4 is 4.74 Å². The van der Waals surface area contributed by atoms with Crippen molar-refractivity contribution >= 4 is 17.5 Å². The SMILES string of the molecule is CC(Oc1cccc(Cl)c1)C(=O)N1CCN(C(c2ccccc2)c2ccccc2)CC1. The Morgan fingerprint density at radius 2 is 1.42 bits per heavy atom. The Balaban J connectivity index is 1.42. The van der Waals surface area contributed by atoms with Crippen molar-refractivity contribution in [2.45, 2.75) is 19.1 Å². The molecule has 4 rings (SSSR count). The normalized spacial score (nSPS) is 15.6. The molecule has 1 amide bonds. The molecule has 4 nitrogen and oxygen atoms in total. The van der Waals surface area contributed by atoms with Crippen LogP contribution in [0.1, 0.15) is 24.1 Å². The molecule has 0 aromatic heterocycles. The topological polar surface area (TPSA) is 32.8 Å². The third kappa shape index (κ3) is 5.27. The summed E-state index contributed by atoms with van der Waals surface area (Å²) in [5, 5.41) is 0.596. The molecule has 0 bridgehead atoms. The Morgan fingerprint density at radius 1 is 0.839 bits per heavy atom. The van der Waals surface area contributed by atoms with E-state index >= 15 is 0 Å². The van der Waals surface area contributed by atoms with Gasteiger partial charge < -0.3 is 9.64 Å². The Bertz CT molecular complexity index is 949. The van der Waals surface area contributed by atoms with Crippen molar-refractivity contribution in [2.24, 2.45) is 0 Å². The molecule has 1 heterocycles. The molecule has 3 aromatic rings. The molecule has 0 saturated carbocycles. The molecule has 0 aliphatic carbocycles. The van der Waals surface area contributed by atoms with E-state index in [0.29, 0.717) is 23.9 Å². The second kappa shape index (κ2) is 9.99. The molecule has 5 heteroatoms. The third-order valence-corrected chi connectivity index (χ3v) is 5.91. The van der Waals surface area contributed by atoms with E-state index in [1.807, 2.05) is 29.2 Å². The molecule has 0 spiro atoms. The fraction of sp³-hybridized carbons (Fsp3) is 0.269. The number of rotatable bonds is 6. The van der Waals surface area contributed by atoms with Crippen LogP contribution in [0.2, 0.25) is 5.02 Å². The first-order chi connectivity index (χ1) is 15.1. The Kier molecular flexibility index (Phi) is 6.90. The van der Waals surface area contributed by atoms with Gasteiger partial charge in [-0.3, -0.25) is 9.69 Å². The van der Waals surface area contributed by atoms with E-state index in [4.69, 9.17) is 16.3 Å². The smallest absolute Gasteiger partial charge is 0.263 e. The maximum absolute atomic E-state index is 13.0. The molecule has 3 aromatic carbocycles. The van der Waals surface area contributed by atoms with Crippen LogP contribution in [0.3, 0.4) is 0 Å². The first-order valence-corrected chi connectivity index (χ1v) is 11.0. The van der Waals surface area contributed by atoms with Gasteiger partial charge in [0, 0.05) is 31.2 Å². The average molecular weight is 435 g/mol. The summed E-state index contributed by atoms with van der Waals surface area (Å²) >= 11 is 6.02. The van der Waals surface area contributed by atoms with E-state index in [1.54, 1.807) is 19.1 Å². The Morgan fingerprint density at radius 3 is 1.97 bits per heavy atom. The van der Waals surface area contributed by atoms with Gasteiger partial charge in [0.2, 0.25) is 0 Å². The second-order valence-corrected chi connectivity index (χ2v) is 8.24. The summed E-state index contributed by atoms with van der Waals surface area (Å²) in [5.41, 5.74) is 2.54. The molecule has 0 N–H and O–H groups in total. The van der Waals surface area contributed by atoms with Gasteiger partial charge in [-0.05, 0) is 36.2 Å². The summed E-state index contributed by atoms with van der Waals surface area (Å²) in [6.45, 7) is 4.77. The van der Waals surface area contributed by atoms with Crippen molar-refractivity contribution in [3.63, 3.8) is 0 Å². The first kappa shape index (κ1) is 21.4. The number of hydrogen-bond donors (Lipinski definition) is 0.